The monoisotopic (exact) mass is 357 g/mol. The second-order valence-corrected chi connectivity index (χ2v) is 6.16. The van der Waals surface area contributed by atoms with E-state index >= 15 is 0 Å². The van der Waals surface area contributed by atoms with Crippen molar-refractivity contribution in [2.24, 2.45) is 0 Å². The van der Waals surface area contributed by atoms with Crippen LogP contribution in [0.2, 0.25) is 0 Å². The molecular formula is C22H19N3O2. The van der Waals surface area contributed by atoms with Crippen LogP contribution in [-0.2, 0) is 6.42 Å². The van der Waals surface area contributed by atoms with Gasteiger partial charge in [-0.15, -0.1) is 0 Å². The van der Waals surface area contributed by atoms with E-state index in [0.717, 1.165) is 23.2 Å². The van der Waals surface area contributed by atoms with E-state index in [2.05, 4.69) is 23.0 Å². The van der Waals surface area contributed by atoms with Gasteiger partial charge in [0.15, 0.2) is 5.82 Å². The third-order valence-electron chi connectivity index (χ3n) is 4.58. The summed E-state index contributed by atoms with van der Waals surface area (Å²) in [4.78, 5) is 22.3. The molecule has 0 aliphatic carbocycles. The molecule has 0 aliphatic rings. The van der Waals surface area contributed by atoms with E-state index < -0.39 is 0 Å². The summed E-state index contributed by atoms with van der Waals surface area (Å²) in [7, 11) is 1.56. The van der Waals surface area contributed by atoms with Crippen molar-refractivity contribution in [3.8, 4) is 23.0 Å². The van der Waals surface area contributed by atoms with Gasteiger partial charge < -0.3 is 4.74 Å². The average molecular weight is 357 g/mol. The largest absolute Gasteiger partial charge is 0.481 e. The number of ether oxygens (including phenoxy) is 1. The van der Waals surface area contributed by atoms with Crippen molar-refractivity contribution >= 4 is 10.8 Å². The van der Waals surface area contributed by atoms with E-state index in [-0.39, 0.29) is 5.56 Å². The first-order valence-corrected chi connectivity index (χ1v) is 8.83. The quantitative estimate of drug-likeness (QED) is 0.553. The Labute approximate surface area is 156 Å². The molecule has 0 atom stereocenters. The number of hydrogen-bond donors (Lipinski definition) is 0. The summed E-state index contributed by atoms with van der Waals surface area (Å²) in [6, 6.07) is 19.2. The number of fused-ring (bicyclic) bond motifs is 1. The number of methoxy groups -OCH3 is 1. The Hall–Kier alpha value is -3.47. The minimum atomic E-state index is -0.0717. The molecule has 0 bridgehead atoms. The van der Waals surface area contributed by atoms with Gasteiger partial charge in [0.2, 0.25) is 5.88 Å². The fourth-order valence-corrected chi connectivity index (χ4v) is 3.31. The lowest BCUT2D eigenvalue weighted by Gasteiger charge is -2.15. The van der Waals surface area contributed by atoms with Crippen LogP contribution in [0.3, 0.4) is 0 Å². The molecule has 0 amide bonds. The van der Waals surface area contributed by atoms with Crippen molar-refractivity contribution in [3.63, 3.8) is 0 Å². The summed E-state index contributed by atoms with van der Waals surface area (Å²) in [6.07, 6.45) is 2.39. The molecule has 2 heterocycles. The first-order chi connectivity index (χ1) is 13.2. The fraction of sp³-hybridized carbons (Fsp3) is 0.136. The maximum Gasteiger partial charge on any atom is 0.263 e. The summed E-state index contributed by atoms with van der Waals surface area (Å²) >= 11 is 0. The van der Waals surface area contributed by atoms with E-state index in [9.17, 15) is 4.79 Å². The molecule has 0 radical (unpaired) electrons. The van der Waals surface area contributed by atoms with Crippen molar-refractivity contribution in [3.05, 3.63) is 82.9 Å². The highest BCUT2D eigenvalue weighted by molar-refractivity contribution is 5.95. The van der Waals surface area contributed by atoms with Gasteiger partial charge in [0.05, 0.1) is 12.5 Å². The SMILES string of the molecule is CCc1cc2cccc(-c3nccc(OC)n3)c2c(=O)n1-c1ccccc1. The molecule has 5 nitrogen and oxygen atoms in total. The van der Waals surface area contributed by atoms with Gasteiger partial charge in [-0.1, -0.05) is 43.3 Å². The van der Waals surface area contributed by atoms with Crippen LogP contribution in [0.15, 0.2) is 71.7 Å². The number of para-hydroxylation sites is 1. The number of pyridine rings is 1. The number of aromatic nitrogens is 3. The van der Waals surface area contributed by atoms with E-state index in [1.54, 1.807) is 23.9 Å². The topological polar surface area (TPSA) is 57.0 Å². The van der Waals surface area contributed by atoms with Crippen LogP contribution in [0.4, 0.5) is 0 Å². The Bertz CT molecular complexity index is 1170. The third-order valence-corrected chi connectivity index (χ3v) is 4.58. The molecule has 4 aromatic rings. The van der Waals surface area contributed by atoms with Gasteiger partial charge in [0.1, 0.15) is 0 Å². The Morgan fingerprint density at radius 2 is 1.85 bits per heavy atom. The van der Waals surface area contributed by atoms with E-state index in [4.69, 9.17) is 4.74 Å². The Morgan fingerprint density at radius 3 is 2.59 bits per heavy atom. The van der Waals surface area contributed by atoms with Crippen LogP contribution in [0.1, 0.15) is 12.6 Å². The normalized spacial score (nSPS) is 10.9. The van der Waals surface area contributed by atoms with Crippen molar-refractivity contribution in [2.45, 2.75) is 13.3 Å². The van der Waals surface area contributed by atoms with Crippen LogP contribution in [0.5, 0.6) is 5.88 Å². The zero-order chi connectivity index (χ0) is 18.8. The van der Waals surface area contributed by atoms with Crippen molar-refractivity contribution in [1.82, 2.24) is 14.5 Å². The van der Waals surface area contributed by atoms with Gasteiger partial charge in [-0.3, -0.25) is 9.36 Å². The van der Waals surface area contributed by atoms with E-state index in [1.807, 2.05) is 48.5 Å². The predicted octanol–water partition coefficient (Wildman–Crippen LogP) is 4.02. The minimum Gasteiger partial charge on any atom is -0.481 e. The standard InChI is InChI=1S/C22H19N3O2/c1-3-16-14-15-8-7-11-18(21-23-13-12-19(24-21)27-2)20(15)22(26)25(16)17-9-5-4-6-10-17/h4-14H,3H2,1-2H3. The van der Waals surface area contributed by atoms with Crippen LogP contribution >= 0.6 is 0 Å². The molecule has 0 N–H and O–H groups in total. The van der Waals surface area contributed by atoms with Gasteiger partial charge in [-0.05, 0) is 30.0 Å². The molecule has 4 rings (SSSR count). The Morgan fingerprint density at radius 1 is 1.04 bits per heavy atom. The molecule has 0 fully saturated rings. The molecule has 5 heteroatoms. The number of nitrogens with zero attached hydrogens (tertiary/aromatic N) is 3. The number of benzene rings is 2. The fourth-order valence-electron chi connectivity index (χ4n) is 3.31. The number of aryl methyl sites for hydroxylation is 1. The second-order valence-electron chi connectivity index (χ2n) is 6.16. The van der Waals surface area contributed by atoms with E-state index in [0.29, 0.717) is 22.7 Å². The molecule has 0 spiro atoms. The van der Waals surface area contributed by atoms with Gasteiger partial charge in [0, 0.05) is 29.2 Å². The Balaban J connectivity index is 2.07. The van der Waals surface area contributed by atoms with Crippen LogP contribution in [0.25, 0.3) is 27.8 Å². The highest BCUT2D eigenvalue weighted by Crippen LogP contribution is 2.26. The van der Waals surface area contributed by atoms with E-state index in [1.165, 1.54) is 0 Å². The maximum atomic E-state index is 13.5. The summed E-state index contributed by atoms with van der Waals surface area (Å²) < 4.78 is 6.98. The minimum absolute atomic E-state index is 0.0717. The Kier molecular flexibility index (Phi) is 4.42. The lowest BCUT2D eigenvalue weighted by molar-refractivity contribution is 0.397. The van der Waals surface area contributed by atoms with Crippen LogP contribution in [0, 0.1) is 0 Å². The molecule has 0 saturated heterocycles. The molecule has 0 saturated carbocycles. The smallest absolute Gasteiger partial charge is 0.263 e. The maximum absolute atomic E-state index is 13.5. The zero-order valence-electron chi connectivity index (χ0n) is 15.2. The average Bonchev–Trinajstić information content (AvgIpc) is 2.73. The molecule has 0 aliphatic heterocycles. The van der Waals surface area contributed by atoms with Crippen LogP contribution < -0.4 is 10.3 Å². The lowest BCUT2D eigenvalue weighted by Crippen LogP contribution is -2.22. The van der Waals surface area contributed by atoms with Crippen molar-refractivity contribution < 1.29 is 4.74 Å². The molecule has 0 unspecified atom stereocenters. The molecule has 2 aromatic heterocycles. The predicted molar refractivity (Wildman–Crippen MR) is 107 cm³/mol. The summed E-state index contributed by atoms with van der Waals surface area (Å²) in [5.74, 6) is 0.937. The molecule has 134 valence electrons. The molecule has 2 aromatic carbocycles. The number of hydrogen-bond acceptors (Lipinski definition) is 4. The van der Waals surface area contributed by atoms with Gasteiger partial charge in [-0.2, -0.15) is 4.98 Å². The molecule has 27 heavy (non-hydrogen) atoms. The van der Waals surface area contributed by atoms with Gasteiger partial charge in [-0.25, -0.2) is 4.98 Å². The molecular weight excluding hydrogens is 338 g/mol. The lowest BCUT2D eigenvalue weighted by atomic mass is 10.0. The first-order valence-electron chi connectivity index (χ1n) is 8.83. The summed E-state index contributed by atoms with van der Waals surface area (Å²) in [5, 5.41) is 1.49. The van der Waals surface area contributed by atoms with Gasteiger partial charge >= 0.3 is 0 Å². The first kappa shape index (κ1) is 17.0. The highest BCUT2D eigenvalue weighted by atomic mass is 16.5. The third kappa shape index (κ3) is 2.97. The zero-order valence-corrected chi connectivity index (χ0v) is 15.2. The summed E-state index contributed by atoms with van der Waals surface area (Å²) in [6.45, 7) is 2.05. The van der Waals surface area contributed by atoms with Crippen molar-refractivity contribution in [1.29, 1.82) is 0 Å². The second kappa shape index (κ2) is 7.03. The summed E-state index contributed by atoms with van der Waals surface area (Å²) in [5.41, 5.74) is 2.44. The van der Waals surface area contributed by atoms with Crippen molar-refractivity contribution in [2.75, 3.05) is 7.11 Å². The number of rotatable bonds is 4. The van der Waals surface area contributed by atoms with Gasteiger partial charge in [0.25, 0.3) is 5.56 Å². The highest BCUT2D eigenvalue weighted by Gasteiger charge is 2.15. The van der Waals surface area contributed by atoms with Crippen LogP contribution in [-0.4, -0.2) is 21.6 Å².